The Labute approximate surface area is 176 Å². The van der Waals surface area contributed by atoms with E-state index >= 15 is 0 Å². The molecule has 0 saturated carbocycles. The molecule has 1 aliphatic carbocycles. The van der Waals surface area contributed by atoms with Gasteiger partial charge in [0.15, 0.2) is 0 Å². The standard InChI is InChI=1S/C25H25NO4/c1-2-26(23-15-14-19-9-4-6-13-22(19)23)25(28)30-17-29-24(27)16-20-11-7-10-18-8-3-5-12-21(18)20/h3-13,23H,2,14-17H2,1H3/t23-/m1/s1. The summed E-state index contributed by atoms with van der Waals surface area (Å²) in [6.45, 7) is 2.07. The van der Waals surface area contributed by atoms with E-state index in [1.165, 1.54) is 11.1 Å². The quantitative estimate of drug-likeness (QED) is 0.428. The van der Waals surface area contributed by atoms with E-state index in [9.17, 15) is 9.59 Å². The molecule has 30 heavy (non-hydrogen) atoms. The zero-order valence-corrected chi connectivity index (χ0v) is 17.0. The highest BCUT2D eigenvalue weighted by Gasteiger charge is 2.30. The zero-order valence-electron chi connectivity index (χ0n) is 17.0. The number of nitrogens with zero attached hydrogens (tertiary/aromatic N) is 1. The number of rotatable bonds is 6. The fourth-order valence-electron chi connectivity index (χ4n) is 4.22. The summed E-state index contributed by atoms with van der Waals surface area (Å²) in [7, 11) is 0. The molecule has 0 spiro atoms. The van der Waals surface area contributed by atoms with Crippen molar-refractivity contribution in [2.75, 3.05) is 13.3 Å². The topological polar surface area (TPSA) is 55.8 Å². The van der Waals surface area contributed by atoms with Crippen molar-refractivity contribution in [3.8, 4) is 0 Å². The SMILES string of the molecule is CCN(C(=O)OCOC(=O)Cc1cccc2ccccc12)[C@@H]1CCc2ccccc21. The Balaban J connectivity index is 1.32. The molecule has 0 aromatic heterocycles. The van der Waals surface area contributed by atoms with Crippen LogP contribution in [0.15, 0.2) is 66.7 Å². The molecule has 154 valence electrons. The molecule has 0 radical (unpaired) electrons. The van der Waals surface area contributed by atoms with Gasteiger partial charge in [0.1, 0.15) is 0 Å². The molecule has 0 fully saturated rings. The van der Waals surface area contributed by atoms with Crippen LogP contribution in [0.3, 0.4) is 0 Å². The van der Waals surface area contributed by atoms with Gasteiger partial charge in [0.05, 0.1) is 12.5 Å². The summed E-state index contributed by atoms with van der Waals surface area (Å²) in [5.74, 6) is -0.423. The average molecular weight is 403 g/mol. The Bertz CT molecular complexity index is 1060. The summed E-state index contributed by atoms with van der Waals surface area (Å²) in [4.78, 5) is 26.6. The number of benzene rings is 3. The number of hydrogen-bond donors (Lipinski definition) is 0. The second-order valence-electron chi connectivity index (χ2n) is 7.40. The van der Waals surface area contributed by atoms with E-state index in [4.69, 9.17) is 9.47 Å². The molecule has 5 heteroatoms. The van der Waals surface area contributed by atoms with Gasteiger partial charge in [-0.15, -0.1) is 0 Å². The van der Waals surface area contributed by atoms with Crippen LogP contribution in [0.2, 0.25) is 0 Å². The number of esters is 1. The molecular weight excluding hydrogens is 378 g/mol. The minimum Gasteiger partial charge on any atom is -0.428 e. The summed E-state index contributed by atoms with van der Waals surface area (Å²) in [5, 5.41) is 2.09. The van der Waals surface area contributed by atoms with Gasteiger partial charge in [-0.2, -0.15) is 0 Å². The molecule has 0 N–H and O–H groups in total. The molecule has 1 aliphatic rings. The van der Waals surface area contributed by atoms with Crippen LogP contribution >= 0.6 is 0 Å². The van der Waals surface area contributed by atoms with E-state index in [1.54, 1.807) is 4.90 Å². The van der Waals surface area contributed by atoms with Crippen LogP contribution in [-0.2, 0) is 27.1 Å². The van der Waals surface area contributed by atoms with Gasteiger partial charge >= 0.3 is 12.1 Å². The molecule has 3 aromatic rings. The molecular formula is C25H25NO4. The van der Waals surface area contributed by atoms with Crippen LogP contribution in [0.4, 0.5) is 4.79 Å². The molecule has 0 unspecified atom stereocenters. The van der Waals surface area contributed by atoms with Crippen molar-refractivity contribution < 1.29 is 19.1 Å². The Hall–Kier alpha value is -3.34. The maximum atomic E-state index is 12.6. The van der Waals surface area contributed by atoms with Gasteiger partial charge in [-0.3, -0.25) is 4.79 Å². The molecule has 0 saturated heterocycles. The van der Waals surface area contributed by atoms with E-state index in [2.05, 4.69) is 12.1 Å². The van der Waals surface area contributed by atoms with Gasteiger partial charge in [0.2, 0.25) is 6.79 Å². The fraction of sp³-hybridized carbons (Fsp3) is 0.280. The lowest BCUT2D eigenvalue weighted by atomic mass is 10.0. The van der Waals surface area contributed by atoms with Gasteiger partial charge in [0, 0.05) is 6.54 Å². The van der Waals surface area contributed by atoms with E-state index < -0.39 is 12.1 Å². The minimum atomic E-state index is -0.461. The number of carbonyl (C=O) groups is 2. The van der Waals surface area contributed by atoms with Crippen LogP contribution in [0.25, 0.3) is 10.8 Å². The van der Waals surface area contributed by atoms with E-state index in [0.29, 0.717) is 6.54 Å². The molecule has 1 atom stereocenters. The van der Waals surface area contributed by atoms with E-state index in [0.717, 1.165) is 29.2 Å². The Morgan fingerprint density at radius 1 is 0.967 bits per heavy atom. The Kier molecular flexibility index (Phi) is 5.98. The fourth-order valence-corrected chi connectivity index (χ4v) is 4.22. The highest BCUT2D eigenvalue weighted by Crippen LogP contribution is 2.35. The van der Waals surface area contributed by atoms with Crippen molar-refractivity contribution >= 4 is 22.8 Å². The zero-order chi connectivity index (χ0) is 20.9. The van der Waals surface area contributed by atoms with Crippen LogP contribution < -0.4 is 0 Å². The third-order valence-electron chi connectivity index (χ3n) is 5.67. The first kappa shape index (κ1) is 20.0. The number of carbonyl (C=O) groups excluding carboxylic acids is 2. The van der Waals surface area contributed by atoms with Gasteiger partial charge in [-0.05, 0) is 47.2 Å². The van der Waals surface area contributed by atoms with Crippen LogP contribution in [0.5, 0.6) is 0 Å². The van der Waals surface area contributed by atoms with Crippen molar-refractivity contribution in [2.45, 2.75) is 32.2 Å². The van der Waals surface area contributed by atoms with Gasteiger partial charge in [-0.1, -0.05) is 66.7 Å². The Morgan fingerprint density at radius 3 is 2.60 bits per heavy atom. The number of hydrogen-bond acceptors (Lipinski definition) is 4. The lowest BCUT2D eigenvalue weighted by Crippen LogP contribution is -2.35. The molecule has 1 amide bonds. The van der Waals surface area contributed by atoms with Crippen molar-refractivity contribution in [1.82, 2.24) is 4.90 Å². The molecule has 0 aliphatic heterocycles. The summed E-state index contributed by atoms with van der Waals surface area (Å²) in [5.41, 5.74) is 3.33. The van der Waals surface area contributed by atoms with Crippen molar-refractivity contribution in [2.24, 2.45) is 0 Å². The highest BCUT2D eigenvalue weighted by atomic mass is 16.7. The predicted molar refractivity (Wildman–Crippen MR) is 115 cm³/mol. The first-order valence-electron chi connectivity index (χ1n) is 10.3. The van der Waals surface area contributed by atoms with Crippen molar-refractivity contribution in [3.63, 3.8) is 0 Å². The maximum absolute atomic E-state index is 12.6. The van der Waals surface area contributed by atoms with Crippen LogP contribution in [-0.4, -0.2) is 30.3 Å². The summed E-state index contributed by atoms with van der Waals surface area (Å²) in [6, 6.07) is 21.9. The summed E-state index contributed by atoms with van der Waals surface area (Å²) in [6.07, 6.45) is 1.50. The monoisotopic (exact) mass is 403 g/mol. The summed E-state index contributed by atoms with van der Waals surface area (Å²) < 4.78 is 10.4. The first-order valence-corrected chi connectivity index (χ1v) is 10.3. The smallest absolute Gasteiger partial charge is 0.413 e. The second-order valence-corrected chi connectivity index (χ2v) is 7.40. The summed E-state index contributed by atoms with van der Waals surface area (Å²) >= 11 is 0. The van der Waals surface area contributed by atoms with E-state index in [1.807, 2.05) is 61.5 Å². The number of aryl methyl sites for hydroxylation is 1. The average Bonchev–Trinajstić information content (AvgIpc) is 3.19. The molecule has 0 bridgehead atoms. The Morgan fingerprint density at radius 2 is 1.73 bits per heavy atom. The lowest BCUT2D eigenvalue weighted by Gasteiger charge is -2.27. The molecule has 4 rings (SSSR count). The first-order chi connectivity index (χ1) is 14.7. The molecule has 5 nitrogen and oxygen atoms in total. The molecule has 0 heterocycles. The highest BCUT2D eigenvalue weighted by molar-refractivity contribution is 5.89. The lowest BCUT2D eigenvalue weighted by molar-refractivity contribution is -0.151. The van der Waals surface area contributed by atoms with Gasteiger partial charge in [-0.25, -0.2) is 4.79 Å². The van der Waals surface area contributed by atoms with Gasteiger partial charge < -0.3 is 14.4 Å². The molecule has 3 aromatic carbocycles. The van der Waals surface area contributed by atoms with Crippen LogP contribution in [0, 0.1) is 0 Å². The maximum Gasteiger partial charge on any atom is 0.413 e. The third-order valence-corrected chi connectivity index (χ3v) is 5.67. The number of amides is 1. The third kappa shape index (κ3) is 4.15. The van der Waals surface area contributed by atoms with Crippen molar-refractivity contribution in [3.05, 3.63) is 83.4 Å². The number of ether oxygens (including phenoxy) is 2. The largest absolute Gasteiger partial charge is 0.428 e. The number of fused-ring (bicyclic) bond motifs is 2. The van der Waals surface area contributed by atoms with Gasteiger partial charge in [0.25, 0.3) is 0 Å². The van der Waals surface area contributed by atoms with Crippen LogP contribution in [0.1, 0.15) is 36.1 Å². The predicted octanol–water partition coefficient (Wildman–Crippen LogP) is 5.03. The van der Waals surface area contributed by atoms with Crippen molar-refractivity contribution in [1.29, 1.82) is 0 Å². The minimum absolute atomic E-state index is 0.00471. The van der Waals surface area contributed by atoms with E-state index in [-0.39, 0.29) is 19.3 Å². The second kappa shape index (κ2) is 8.99. The normalized spacial score (nSPS) is 14.9.